The fourth-order valence-electron chi connectivity index (χ4n) is 3.81. The van der Waals surface area contributed by atoms with Crippen LogP contribution in [-0.4, -0.2) is 48.4 Å². The number of fused-ring (bicyclic) bond motifs is 1. The zero-order valence-corrected chi connectivity index (χ0v) is 18.7. The summed E-state index contributed by atoms with van der Waals surface area (Å²) in [4.78, 5) is 25.0. The standard InChI is InChI=1S/C22H26N4O4S/c1-13-10-16-19(23-12-14-4-5-17(29-2)18(11-14)30-3)24-22(25-20(16)31-13)26-8-6-15(7-9-26)21(27)28/h4-5,10-11,15H,6-9,12H2,1-3H3,(H,27,28)(H,23,24,25). The van der Waals surface area contributed by atoms with Crippen molar-refractivity contribution in [3.05, 3.63) is 34.7 Å². The lowest BCUT2D eigenvalue weighted by atomic mass is 9.97. The summed E-state index contributed by atoms with van der Waals surface area (Å²) in [6.07, 6.45) is 1.21. The molecule has 1 aromatic carbocycles. The number of aryl methyl sites for hydroxylation is 1. The normalized spacial score (nSPS) is 14.6. The lowest BCUT2D eigenvalue weighted by Gasteiger charge is -2.30. The van der Waals surface area contributed by atoms with Crippen LogP contribution < -0.4 is 19.7 Å². The monoisotopic (exact) mass is 442 g/mol. The summed E-state index contributed by atoms with van der Waals surface area (Å²) in [5, 5.41) is 13.7. The number of piperidine rings is 1. The van der Waals surface area contributed by atoms with Gasteiger partial charge in [-0.15, -0.1) is 11.3 Å². The molecule has 1 aliphatic heterocycles. The number of nitrogens with zero attached hydrogens (tertiary/aromatic N) is 3. The van der Waals surface area contributed by atoms with E-state index in [0.717, 1.165) is 21.6 Å². The first-order valence-electron chi connectivity index (χ1n) is 10.2. The number of carbonyl (C=O) groups is 1. The second kappa shape index (κ2) is 8.97. The van der Waals surface area contributed by atoms with Crippen molar-refractivity contribution in [1.82, 2.24) is 9.97 Å². The highest BCUT2D eigenvalue weighted by atomic mass is 32.1. The Morgan fingerprint density at radius 2 is 1.94 bits per heavy atom. The number of anilines is 2. The van der Waals surface area contributed by atoms with Crippen LogP contribution in [-0.2, 0) is 11.3 Å². The van der Waals surface area contributed by atoms with Crippen molar-refractivity contribution in [1.29, 1.82) is 0 Å². The predicted molar refractivity (Wildman–Crippen MR) is 122 cm³/mol. The quantitative estimate of drug-likeness (QED) is 0.568. The molecule has 1 aliphatic rings. The highest BCUT2D eigenvalue weighted by Crippen LogP contribution is 2.33. The molecule has 0 saturated carbocycles. The number of ether oxygens (including phenoxy) is 2. The molecule has 3 heterocycles. The molecule has 0 spiro atoms. The minimum atomic E-state index is -0.720. The topological polar surface area (TPSA) is 96.8 Å². The van der Waals surface area contributed by atoms with Crippen molar-refractivity contribution in [2.75, 3.05) is 37.5 Å². The van der Waals surface area contributed by atoms with Crippen LogP contribution in [0.25, 0.3) is 10.2 Å². The Hall–Kier alpha value is -3.07. The Balaban J connectivity index is 1.58. The second-order valence-corrected chi connectivity index (χ2v) is 8.83. The molecule has 0 radical (unpaired) electrons. The van der Waals surface area contributed by atoms with Gasteiger partial charge in [-0.25, -0.2) is 4.98 Å². The number of aromatic nitrogens is 2. The fraction of sp³-hybridized carbons (Fsp3) is 0.409. The minimum absolute atomic E-state index is 0.286. The Morgan fingerprint density at radius 1 is 1.19 bits per heavy atom. The summed E-state index contributed by atoms with van der Waals surface area (Å²) >= 11 is 1.63. The molecule has 4 rings (SSSR count). The Kier molecular flexibility index (Phi) is 6.13. The predicted octanol–water partition coefficient (Wildman–Crippen LogP) is 3.93. The van der Waals surface area contributed by atoms with Crippen molar-refractivity contribution in [2.45, 2.75) is 26.3 Å². The molecule has 0 unspecified atom stereocenters. The largest absolute Gasteiger partial charge is 0.493 e. The Morgan fingerprint density at radius 3 is 2.61 bits per heavy atom. The van der Waals surface area contributed by atoms with E-state index in [-0.39, 0.29) is 5.92 Å². The SMILES string of the molecule is COc1ccc(CNc2nc(N3CCC(C(=O)O)CC3)nc3sc(C)cc23)cc1OC. The molecule has 1 saturated heterocycles. The molecule has 8 nitrogen and oxygen atoms in total. The lowest BCUT2D eigenvalue weighted by molar-refractivity contribution is -0.142. The number of rotatable bonds is 7. The number of carboxylic acids is 1. The highest BCUT2D eigenvalue weighted by molar-refractivity contribution is 7.18. The smallest absolute Gasteiger partial charge is 0.306 e. The van der Waals surface area contributed by atoms with Crippen LogP contribution in [0.15, 0.2) is 24.3 Å². The van der Waals surface area contributed by atoms with Gasteiger partial charge in [-0.1, -0.05) is 6.07 Å². The molecule has 2 aromatic heterocycles. The molecule has 1 fully saturated rings. The first-order valence-corrected chi connectivity index (χ1v) is 11.0. The zero-order valence-electron chi connectivity index (χ0n) is 17.8. The van der Waals surface area contributed by atoms with Crippen molar-refractivity contribution < 1.29 is 19.4 Å². The number of carboxylic acid groups (broad SMARTS) is 1. The van der Waals surface area contributed by atoms with E-state index in [1.165, 1.54) is 4.88 Å². The van der Waals surface area contributed by atoms with Gasteiger partial charge in [0.25, 0.3) is 0 Å². The molecule has 164 valence electrons. The zero-order chi connectivity index (χ0) is 22.0. The van der Waals surface area contributed by atoms with Crippen LogP contribution in [0.5, 0.6) is 11.5 Å². The molecule has 0 amide bonds. The van der Waals surface area contributed by atoms with Crippen LogP contribution in [0.4, 0.5) is 11.8 Å². The van der Waals surface area contributed by atoms with Gasteiger partial charge in [0.15, 0.2) is 11.5 Å². The fourth-order valence-corrected chi connectivity index (χ4v) is 4.68. The number of aliphatic carboxylic acids is 1. The summed E-state index contributed by atoms with van der Waals surface area (Å²) in [6, 6.07) is 7.92. The Labute approximate surface area is 184 Å². The summed E-state index contributed by atoms with van der Waals surface area (Å²) in [5.41, 5.74) is 1.04. The molecule has 0 bridgehead atoms. The summed E-state index contributed by atoms with van der Waals surface area (Å²) in [7, 11) is 3.24. The number of hydrogen-bond acceptors (Lipinski definition) is 8. The third-order valence-corrected chi connectivity index (χ3v) is 6.48. The van der Waals surface area contributed by atoms with Crippen LogP contribution in [0.1, 0.15) is 23.3 Å². The van der Waals surface area contributed by atoms with E-state index in [0.29, 0.717) is 49.9 Å². The molecule has 31 heavy (non-hydrogen) atoms. The molecule has 9 heteroatoms. The van der Waals surface area contributed by atoms with E-state index >= 15 is 0 Å². The van der Waals surface area contributed by atoms with E-state index < -0.39 is 5.97 Å². The molecule has 0 aliphatic carbocycles. The van der Waals surface area contributed by atoms with E-state index in [1.54, 1.807) is 25.6 Å². The van der Waals surface area contributed by atoms with Crippen LogP contribution in [0, 0.1) is 12.8 Å². The molecule has 2 N–H and O–H groups in total. The van der Waals surface area contributed by atoms with Crippen molar-refractivity contribution in [2.24, 2.45) is 5.92 Å². The molecular weight excluding hydrogens is 416 g/mol. The maximum absolute atomic E-state index is 11.3. The summed E-state index contributed by atoms with van der Waals surface area (Å²) < 4.78 is 10.7. The van der Waals surface area contributed by atoms with E-state index in [1.807, 2.05) is 18.2 Å². The van der Waals surface area contributed by atoms with Crippen LogP contribution in [0.2, 0.25) is 0 Å². The van der Waals surface area contributed by atoms with Crippen molar-refractivity contribution in [3.63, 3.8) is 0 Å². The van der Waals surface area contributed by atoms with Crippen LogP contribution >= 0.6 is 11.3 Å². The average Bonchev–Trinajstić information content (AvgIpc) is 3.17. The first-order chi connectivity index (χ1) is 15.0. The van der Waals surface area contributed by atoms with E-state index in [2.05, 4.69) is 23.2 Å². The lowest BCUT2D eigenvalue weighted by Crippen LogP contribution is -2.37. The number of benzene rings is 1. The second-order valence-electron chi connectivity index (χ2n) is 7.59. The first kappa shape index (κ1) is 21.2. The third-order valence-electron chi connectivity index (χ3n) is 5.54. The van der Waals surface area contributed by atoms with Gasteiger partial charge in [-0.05, 0) is 43.5 Å². The number of nitrogens with one attached hydrogen (secondary N) is 1. The van der Waals surface area contributed by atoms with Gasteiger partial charge >= 0.3 is 5.97 Å². The van der Waals surface area contributed by atoms with Gasteiger partial charge in [0.05, 0.1) is 25.5 Å². The van der Waals surface area contributed by atoms with Gasteiger partial charge in [0, 0.05) is 24.5 Å². The molecule has 0 atom stereocenters. The van der Waals surface area contributed by atoms with E-state index in [9.17, 15) is 9.90 Å². The average molecular weight is 443 g/mol. The maximum atomic E-state index is 11.3. The highest BCUT2D eigenvalue weighted by Gasteiger charge is 2.26. The number of thiophene rings is 1. The minimum Gasteiger partial charge on any atom is -0.493 e. The van der Waals surface area contributed by atoms with Crippen LogP contribution in [0.3, 0.4) is 0 Å². The van der Waals surface area contributed by atoms with E-state index in [4.69, 9.17) is 19.4 Å². The number of methoxy groups -OCH3 is 2. The van der Waals surface area contributed by atoms with Crippen molar-refractivity contribution >= 4 is 39.3 Å². The molecule has 3 aromatic rings. The van der Waals surface area contributed by atoms with Gasteiger partial charge in [0.1, 0.15) is 10.6 Å². The summed E-state index contributed by atoms with van der Waals surface area (Å²) in [6.45, 7) is 3.91. The summed E-state index contributed by atoms with van der Waals surface area (Å²) in [5.74, 6) is 1.79. The van der Waals surface area contributed by atoms with Gasteiger partial charge in [-0.3, -0.25) is 4.79 Å². The van der Waals surface area contributed by atoms with Gasteiger partial charge < -0.3 is 24.8 Å². The van der Waals surface area contributed by atoms with Gasteiger partial charge in [0.2, 0.25) is 5.95 Å². The maximum Gasteiger partial charge on any atom is 0.306 e. The Bertz CT molecular complexity index is 1090. The van der Waals surface area contributed by atoms with Gasteiger partial charge in [-0.2, -0.15) is 4.98 Å². The molecular formula is C22H26N4O4S. The van der Waals surface area contributed by atoms with Crippen molar-refractivity contribution in [3.8, 4) is 11.5 Å². The number of hydrogen-bond donors (Lipinski definition) is 2. The third kappa shape index (κ3) is 4.51.